The van der Waals surface area contributed by atoms with Crippen LogP contribution in [0.25, 0.3) is 0 Å². The predicted octanol–water partition coefficient (Wildman–Crippen LogP) is 3.21. The van der Waals surface area contributed by atoms with Crippen molar-refractivity contribution in [3.63, 3.8) is 0 Å². The van der Waals surface area contributed by atoms with Gasteiger partial charge in [0, 0.05) is 24.3 Å². The van der Waals surface area contributed by atoms with E-state index >= 15 is 0 Å². The van der Waals surface area contributed by atoms with Crippen LogP contribution in [-0.2, 0) is 20.7 Å². The molecule has 1 heterocycles. The van der Waals surface area contributed by atoms with Crippen molar-refractivity contribution >= 4 is 17.6 Å². The minimum Gasteiger partial charge on any atom is -0.493 e. The summed E-state index contributed by atoms with van der Waals surface area (Å²) < 4.78 is 26.7. The van der Waals surface area contributed by atoms with Crippen molar-refractivity contribution in [1.29, 1.82) is 0 Å². The second-order valence-corrected chi connectivity index (χ2v) is 7.77. The van der Waals surface area contributed by atoms with E-state index in [0.29, 0.717) is 48.3 Å². The zero-order valence-electron chi connectivity index (χ0n) is 20.3. The number of ether oxygens (including phenoxy) is 5. The van der Waals surface area contributed by atoms with Crippen molar-refractivity contribution in [2.24, 2.45) is 0 Å². The van der Waals surface area contributed by atoms with E-state index < -0.39 is 0 Å². The quantitative estimate of drug-likeness (QED) is 0.527. The summed E-state index contributed by atoms with van der Waals surface area (Å²) in [4.78, 5) is 27.3. The molecule has 0 aliphatic carbocycles. The standard InChI is InChI=1S/C25H32N2O7/c1-6-34-25(29)14-19-18-13-23(33-5)21(31-3)11-16(18)9-10-27(19)15-24(28)26-17-7-8-20(30-2)22(12-17)32-4/h7-8,11-13,19H,6,9-10,14-15H2,1-5H3,(H,26,28). The third-order valence-electron chi connectivity index (χ3n) is 5.79. The highest BCUT2D eigenvalue weighted by molar-refractivity contribution is 5.92. The molecule has 1 atom stereocenters. The van der Waals surface area contributed by atoms with Gasteiger partial charge in [-0.05, 0) is 48.7 Å². The van der Waals surface area contributed by atoms with Crippen LogP contribution in [0.2, 0.25) is 0 Å². The Kier molecular flexibility index (Phi) is 8.59. The van der Waals surface area contributed by atoms with Crippen LogP contribution in [0, 0.1) is 0 Å². The van der Waals surface area contributed by atoms with Gasteiger partial charge in [-0.3, -0.25) is 14.5 Å². The first-order valence-electron chi connectivity index (χ1n) is 11.1. The van der Waals surface area contributed by atoms with Crippen molar-refractivity contribution in [1.82, 2.24) is 4.90 Å². The van der Waals surface area contributed by atoms with Gasteiger partial charge >= 0.3 is 5.97 Å². The lowest BCUT2D eigenvalue weighted by molar-refractivity contribution is -0.145. The predicted molar refractivity (Wildman–Crippen MR) is 127 cm³/mol. The van der Waals surface area contributed by atoms with Gasteiger partial charge in [-0.2, -0.15) is 0 Å². The van der Waals surface area contributed by atoms with Crippen LogP contribution in [0.15, 0.2) is 30.3 Å². The molecule has 0 saturated heterocycles. The molecule has 1 aliphatic rings. The molecule has 0 spiro atoms. The van der Waals surface area contributed by atoms with Gasteiger partial charge < -0.3 is 29.0 Å². The number of rotatable bonds is 10. The van der Waals surface area contributed by atoms with E-state index in [9.17, 15) is 9.59 Å². The SMILES string of the molecule is CCOC(=O)CC1c2cc(OC)c(OC)cc2CCN1CC(=O)Nc1ccc(OC)c(OC)c1. The number of hydrogen-bond donors (Lipinski definition) is 1. The number of carbonyl (C=O) groups is 2. The van der Waals surface area contributed by atoms with Gasteiger partial charge in [0.15, 0.2) is 23.0 Å². The van der Waals surface area contributed by atoms with Gasteiger partial charge in [0.05, 0.1) is 48.0 Å². The molecule has 2 aromatic carbocycles. The monoisotopic (exact) mass is 472 g/mol. The van der Waals surface area contributed by atoms with Gasteiger partial charge in [-0.15, -0.1) is 0 Å². The minimum absolute atomic E-state index is 0.103. The summed E-state index contributed by atoms with van der Waals surface area (Å²) in [6, 6.07) is 8.67. The lowest BCUT2D eigenvalue weighted by Gasteiger charge is -2.37. The number of hydrogen-bond acceptors (Lipinski definition) is 8. The molecule has 184 valence electrons. The highest BCUT2D eigenvalue weighted by Gasteiger charge is 2.32. The fourth-order valence-corrected chi connectivity index (χ4v) is 4.19. The van der Waals surface area contributed by atoms with E-state index in [4.69, 9.17) is 23.7 Å². The summed E-state index contributed by atoms with van der Waals surface area (Å²) in [6.45, 7) is 2.77. The lowest BCUT2D eigenvalue weighted by Crippen LogP contribution is -2.41. The number of benzene rings is 2. The van der Waals surface area contributed by atoms with E-state index in [0.717, 1.165) is 11.1 Å². The van der Waals surface area contributed by atoms with Crippen molar-refractivity contribution in [3.8, 4) is 23.0 Å². The fourth-order valence-electron chi connectivity index (χ4n) is 4.19. The molecule has 34 heavy (non-hydrogen) atoms. The number of esters is 1. The van der Waals surface area contributed by atoms with E-state index in [1.54, 1.807) is 46.5 Å². The third kappa shape index (κ3) is 5.72. The Labute approximate surface area is 199 Å². The molecule has 1 unspecified atom stereocenters. The summed E-state index contributed by atoms with van der Waals surface area (Å²) in [5.41, 5.74) is 2.58. The van der Waals surface area contributed by atoms with E-state index in [2.05, 4.69) is 5.32 Å². The molecule has 3 rings (SSSR count). The summed E-state index contributed by atoms with van der Waals surface area (Å²) in [6.07, 6.45) is 0.832. The smallest absolute Gasteiger partial charge is 0.307 e. The van der Waals surface area contributed by atoms with Crippen LogP contribution in [0.3, 0.4) is 0 Å². The Morgan fingerprint density at radius 2 is 1.59 bits per heavy atom. The summed E-state index contributed by atoms with van der Waals surface area (Å²) in [7, 11) is 6.26. The molecule has 1 amide bonds. The fraction of sp³-hybridized carbons (Fsp3) is 0.440. The molecule has 9 nitrogen and oxygen atoms in total. The number of nitrogens with zero attached hydrogens (tertiary/aromatic N) is 1. The van der Waals surface area contributed by atoms with Crippen molar-refractivity contribution in [3.05, 3.63) is 41.5 Å². The summed E-state index contributed by atoms with van der Waals surface area (Å²) in [5, 5.41) is 2.90. The maximum Gasteiger partial charge on any atom is 0.307 e. The lowest BCUT2D eigenvalue weighted by atomic mass is 9.90. The van der Waals surface area contributed by atoms with Crippen LogP contribution < -0.4 is 24.3 Å². The average Bonchev–Trinajstić information content (AvgIpc) is 2.84. The first-order valence-corrected chi connectivity index (χ1v) is 11.1. The Bertz CT molecular complexity index is 1020. The van der Waals surface area contributed by atoms with Gasteiger partial charge in [0.1, 0.15) is 0 Å². The highest BCUT2D eigenvalue weighted by atomic mass is 16.5. The van der Waals surface area contributed by atoms with Crippen molar-refractivity contribution in [2.75, 3.05) is 53.5 Å². The van der Waals surface area contributed by atoms with Gasteiger partial charge in [0.25, 0.3) is 0 Å². The normalized spacial score (nSPS) is 15.1. The van der Waals surface area contributed by atoms with E-state index in [1.807, 2.05) is 17.0 Å². The maximum absolute atomic E-state index is 12.9. The van der Waals surface area contributed by atoms with Crippen LogP contribution >= 0.6 is 0 Å². The van der Waals surface area contributed by atoms with Crippen LogP contribution in [-0.4, -0.2) is 64.9 Å². The molecule has 0 bridgehead atoms. The average molecular weight is 473 g/mol. The largest absolute Gasteiger partial charge is 0.493 e. The zero-order chi connectivity index (χ0) is 24.7. The molecule has 0 radical (unpaired) electrons. The molecule has 0 saturated carbocycles. The van der Waals surface area contributed by atoms with E-state index in [1.165, 1.54) is 7.11 Å². The van der Waals surface area contributed by atoms with Crippen LogP contribution in [0.5, 0.6) is 23.0 Å². The van der Waals surface area contributed by atoms with Crippen molar-refractivity contribution < 1.29 is 33.3 Å². The number of anilines is 1. The number of amides is 1. The number of fused-ring (bicyclic) bond motifs is 1. The first-order chi connectivity index (χ1) is 16.4. The minimum atomic E-state index is -0.334. The first kappa shape index (κ1) is 25.2. The molecule has 1 aliphatic heterocycles. The number of methoxy groups -OCH3 is 4. The van der Waals surface area contributed by atoms with Crippen molar-refractivity contribution in [2.45, 2.75) is 25.8 Å². The molecular formula is C25H32N2O7. The zero-order valence-corrected chi connectivity index (χ0v) is 20.3. The Balaban J connectivity index is 1.83. The van der Waals surface area contributed by atoms with Gasteiger partial charge in [-0.1, -0.05) is 0 Å². The Hall–Kier alpha value is -3.46. The number of carbonyl (C=O) groups excluding carboxylic acids is 2. The second-order valence-electron chi connectivity index (χ2n) is 7.77. The molecule has 9 heteroatoms. The molecule has 2 aromatic rings. The maximum atomic E-state index is 12.9. The Morgan fingerprint density at radius 1 is 0.941 bits per heavy atom. The number of nitrogens with one attached hydrogen (secondary N) is 1. The molecule has 0 aromatic heterocycles. The van der Waals surface area contributed by atoms with Crippen LogP contribution in [0.4, 0.5) is 5.69 Å². The molecule has 0 fully saturated rings. The van der Waals surface area contributed by atoms with Crippen LogP contribution in [0.1, 0.15) is 30.5 Å². The van der Waals surface area contributed by atoms with Gasteiger partial charge in [-0.25, -0.2) is 0 Å². The summed E-state index contributed by atoms with van der Waals surface area (Å²) >= 11 is 0. The summed E-state index contributed by atoms with van der Waals surface area (Å²) in [5.74, 6) is 1.79. The molecular weight excluding hydrogens is 440 g/mol. The topological polar surface area (TPSA) is 95.6 Å². The van der Waals surface area contributed by atoms with E-state index in [-0.39, 0.29) is 30.9 Å². The Morgan fingerprint density at radius 3 is 2.24 bits per heavy atom. The van der Waals surface area contributed by atoms with Gasteiger partial charge in [0.2, 0.25) is 5.91 Å². The second kappa shape index (κ2) is 11.6. The third-order valence-corrected chi connectivity index (χ3v) is 5.79. The molecule has 1 N–H and O–H groups in total. The highest BCUT2D eigenvalue weighted by Crippen LogP contribution is 2.39.